The van der Waals surface area contributed by atoms with Gasteiger partial charge in [-0.2, -0.15) is 0 Å². The molecule has 0 aliphatic carbocycles. The van der Waals surface area contributed by atoms with E-state index >= 15 is 0 Å². The van der Waals surface area contributed by atoms with Crippen LogP contribution in [-0.4, -0.2) is 46.2 Å². The minimum absolute atomic E-state index is 0.0765. The lowest BCUT2D eigenvalue weighted by molar-refractivity contribution is -0.120. The van der Waals surface area contributed by atoms with E-state index in [1.807, 2.05) is 36.1 Å². The highest BCUT2D eigenvalue weighted by atomic mass is 32.2. The fraction of sp³-hybridized carbons (Fsp3) is 0.350. The van der Waals surface area contributed by atoms with Gasteiger partial charge in [-0.1, -0.05) is 12.1 Å². The molecule has 0 radical (unpaired) electrons. The summed E-state index contributed by atoms with van der Waals surface area (Å²) in [5, 5.41) is 8.11. The van der Waals surface area contributed by atoms with Crippen LogP contribution in [0.5, 0.6) is 11.5 Å². The number of anilines is 1. The smallest absolute Gasteiger partial charge is 0.239 e. The van der Waals surface area contributed by atoms with Crippen molar-refractivity contribution in [3.8, 4) is 11.5 Å². The van der Waals surface area contributed by atoms with Crippen LogP contribution in [-0.2, 0) is 21.2 Å². The lowest BCUT2D eigenvalue weighted by atomic mass is 10.1. The van der Waals surface area contributed by atoms with Gasteiger partial charge in [0.2, 0.25) is 15.9 Å². The van der Waals surface area contributed by atoms with Crippen molar-refractivity contribution in [3.63, 3.8) is 0 Å². The number of sulfonamides is 1. The van der Waals surface area contributed by atoms with Gasteiger partial charge in [-0.15, -0.1) is 0 Å². The third-order valence-corrected chi connectivity index (χ3v) is 6.06. The normalized spacial score (nSPS) is 20.3. The molecule has 3 N–H and O–H groups in total. The van der Waals surface area contributed by atoms with Gasteiger partial charge >= 0.3 is 0 Å². The van der Waals surface area contributed by atoms with Crippen LogP contribution in [0.25, 0.3) is 0 Å². The molecule has 0 spiro atoms. The van der Waals surface area contributed by atoms with E-state index in [-0.39, 0.29) is 29.5 Å². The van der Waals surface area contributed by atoms with Gasteiger partial charge in [0.25, 0.3) is 0 Å². The molecule has 29 heavy (non-hydrogen) atoms. The number of nitrogens with zero attached hydrogens (tertiary/aromatic N) is 1. The van der Waals surface area contributed by atoms with Gasteiger partial charge in [-0.25, -0.2) is 13.6 Å². The minimum Gasteiger partial charge on any atom is -0.486 e. The molecule has 9 heteroatoms. The first kappa shape index (κ1) is 19.5. The second-order valence-corrected chi connectivity index (χ2v) is 8.88. The quantitative estimate of drug-likeness (QED) is 0.752. The van der Waals surface area contributed by atoms with Crippen LogP contribution in [0, 0.1) is 0 Å². The van der Waals surface area contributed by atoms with Gasteiger partial charge in [0.05, 0.1) is 18.0 Å². The molecule has 0 fully saturated rings. The maximum absolute atomic E-state index is 12.5. The van der Waals surface area contributed by atoms with Gasteiger partial charge in [-0.05, 0) is 49.2 Å². The molecule has 2 aliphatic rings. The number of amides is 1. The first-order valence-corrected chi connectivity index (χ1v) is 10.9. The third kappa shape index (κ3) is 4.15. The highest BCUT2D eigenvalue weighted by Crippen LogP contribution is 2.33. The van der Waals surface area contributed by atoms with Crippen LogP contribution in [0.2, 0.25) is 0 Å². The van der Waals surface area contributed by atoms with Crippen LogP contribution in [0.3, 0.4) is 0 Å². The molecule has 2 atom stereocenters. The predicted octanol–water partition coefficient (Wildman–Crippen LogP) is 1.04. The molecular weight excluding hydrogens is 394 g/mol. The summed E-state index contributed by atoms with van der Waals surface area (Å²) in [6.07, 6.45) is 0.400. The summed E-state index contributed by atoms with van der Waals surface area (Å²) in [6, 6.07) is 12.3. The minimum atomic E-state index is -3.75. The van der Waals surface area contributed by atoms with Crippen LogP contribution in [0.1, 0.15) is 12.5 Å². The number of carbonyl (C=O) groups excluding carboxylic acids is 1. The Hall–Kier alpha value is -2.78. The van der Waals surface area contributed by atoms with E-state index in [1.54, 1.807) is 12.1 Å². The lowest BCUT2D eigenvalue weighted by Gasteiger charge is -2.28. The van der Waals surface area contributed by atoms with E-state index in [0.717, 1.165) is 11.3 Å². The SMILES string of the molecule is CC1Cc2cc(S(N)(=O)=O)ccc2N1CC(=O)NCC1COc2ccccc2O1. The highest BCUT2D eigenvalue weighted by molar-refractivity contribution is 7.89. The standard InChI is InChI=1S/C20H23N3O5S/c1-13-8-14-9-16(29(21,25)26)6-7-17(14)23(13)11-20(24)22-10-15-12-27-18-4-2-3-5-19(18)28-15/h2-7,9,13,15H,8,10-12H2,1H3,(H,22,24)(H2,21,25,26). The number of nitrogens with one attached hydrogen (secondary N) is 1. The van der Waals surface area contributed by atoms with Gasteiger partial charge in [0, 0.05) is 11.7 Å². The summed E-state index contributed by atoms with van der Waals surface area (Å²) in [5.74, 6) is 1.24. The lowest BCUT2D eigenvalue weighted by Crippen LogP contribution is -2.45. The van der Waals surface area contributed by atoms with Crippen LogP contribution >= 0.6 is 0 Å². The van der Waals surface area contributed by atoms with Crippen molar-refractivity contribution in [1.82, 2.24) is 5.32 Å². The topological polar surface area (TPSA) is 111 Å². The molecule has 8 nitrogen and oxygen atoms in total. The van der Waals surface area contributed by atoms with Gasteiger partial charge in [0.1, 0.15) is 12.7 Å². The Morgan fingerprint density at radius 3 is 2.76 bits per heavy atom. The second-order valence-electron chi connectivity index (χ2n) is 7.32. The third-order valence-electron chi connectivity index (χ3n) is 5.14. The molecule has 0 bridgehead atoms. The number of rotatable bonds is 5. The number of nitrogens with two attached hydrogens (primary N) is 1. The van der Waals surface area contributed by atoms with E-state index in [1.165, 1.54) is 6.07 Å². The Balaban J connectivity index is 1.36. The van der Waals surface area contributed by atoms with Crippen LogP contribution in [0.15, 0.2) is 47.4 Å². The molecule has 2 heterocycles. The van der Waals surface area contributed by atoms with Crippen LogP contribution in [0.4, 0.5) is 5.69 Å². The van der Waals surface area contributed by atoms with E-state index in [0.29, 0.717) is 31.1 Å². The summed E-state index contributed by atoms with van der Waals surface area (Å²) in [6.45, 7) is 2.88. The molecular formula is C20H23N3O5S. The Morgan fingerprint density at radius 2 is 2.00 bits per heavy atom. The Morgan fingerprint density at radius 1 is 1.24 bits per heavy atom. The summed E-state index contributed by atoms with van der Waals surface area (Å²) in [4.78, 5) is 14.6. The number of hydrogen-bond donors (Lipinski definition) is 2. The monoisotopic (exact) mass is 417 g/mol. The fourth-order valence-electron chi connectivity index (χ4n) is 3.69. The Kier molecular flexibility index (Phi) is 5.10. The molecule has 2 aliphatic heterocycles. The number of ether oxygens (including phenoxy) is 2. The van der Waals surface area contributed by atoms with Crippen molar-refractivity contribution in [3.05, 3.63) is 48.0 Å². The molecule has 0 saturated heterocycles. The fourth-order valence-corrected chi connectivity index (χ4v) is 4.26. The molecule has 0 saturated carbocycles. The molecule has 2 aromatic carbocycles. The van der Waals surface area contributed by atoms with Crippen molar-refractivity contribution in [2.45, 2.75) is 30.4 Å². The number of primary sulfonamides is 1. The number of fused-ring (bicyclic) bond motifs is 2. The van der Waals surface area contributed by atoms with Crippen molar-refractivity contribution in [1.29, 1.82) is 0 Å². The molecule has 0 aromatic heterocycles. The highest BCUT2D eigenvalue weighted by Gasteiger charge is 2.29. The van der Waals surface area contributed by atoms with Gasteiger partial charge < -0.3 is 19.7 Å². The number of para-hydroxylation sites is 2. The van der Waals surface area contributed by atoms with Gasteiger partial charge in [0.15, 0.2) is 11.5 Å². The molecule has 2 unspecified atom stereocenters. The zero-order valence-corrected chi connectivity index (χ0v) is 16.8. The molecule has 4 rings (SSSR count). The number of hydrogen-bond acceptors (Lipinski definition) is 6. The number of benzene rings is 2. The van der Waals surface area contributed by atoms with Crippen molar-refractivity contribution < 1.29 is 22.7 Å². The zero-order chi connectivity index (χ0) is 20.6. The Labute approximate surface area is 169 Å². The summed E-state index contributed by atoms with van der Waals surface area (Å²) in [7, 11) is -3.75. The molecule has 2 aromatic rings. The summed E-state index contributed by atoms with van der Waals surface area (Å²) < 4.78 is 34.6. The average molecular weight is 417 g/mol. The summed E-state index contributed by atoms with van der Waals surface area (Å²) in [5.41, 5.74) is 1.73. The second kappa shape index (κ2) is 7.57. The molecule has 1 amide bonds. The van der Waals surface area contributed by atoms with E-state index < -0.39 is 10.0 Å². The maximum Gasteiger partial charge on any atom is 0.239 e. The van der Waals surface area contributed by atoms with Crippen molar-refractivity contribution in [2.24, 2.45) is 5.14 Å². The largest absolute Gasteiger partial charge is 0.486 e. The predicted molar refractivity (Wildman–Crippen MR) is 108 cm³/mol. The Bertz CT molecular complexity index is 1040. The first-order chi connectivity index (χ1) is 13.8. The van der Waals surface area contributed by atoms with Gasteiger partial charge in [-0.3, -0.25) is 4.79 Å². The average Bonchev–Trinajstić information content (AvgIpc) is 3.00. The number of carbonyl (C=O) groups is 1. The first-order valence-electron chi connectivity index (χ1n) is 9.39. The molecule has 154 valence electrons. The van der Waals surface area contributed by atoms with Crippen LogP contribution < -0.4 is 24.8 Å². The van der Waals surface area contributed by atoms with E-state index in [2.05, 4.69) is 5.32 Å². The summed E-state index contributed by atoms with van der Waals surface area (Å²) >= 11 is 0. The van der Waals surface area contributed by atoms with Crippen molar-refractivity contribution in [2.75, 3.05) is 24.6 Å². The van der Waals surface area contributed by atoms with Crippen molar-refractivity contribution >= 4 is 21.6 Å². The van der Waals surface area contributed by atoms with E-state index in [9.17, 15) is 13.2 Å². The van der Waals surface area contributed by atoms with E-state index in [4.69, 9.17) is 14.6 Å². The zero-order valence-electron chi connectivity index (χ0n) is 16.0. The maximum atomic E-state index is 12.5.